The number of alkyl halides is 3. The third-order valence-electron chi connectivity index (χ3n) is 5.21. The second-order valence-corrected chi connectivity index (χ2v) is 8.89. The molecule has 2 aromatic rings. The number of nitrogens with zero attached hydrogens (tertiary/aromatic N) is 1. The topological polar surface area (TPSA) is 127 Å². The quantitative estimate of drug-likeness (QED) is 0.230. The summed E-state index contributed by atoms with van der Waals surface area (Å²) in [6.07, 6.45) is -1.78. The van der Waals surface area contributed by atoms with Crippen LogP contribution < -0.4 is 25.5 Å². The van der Waals surface area contributed by atoms with Gasteiger partial charge < -0.3 is 24.8 Å². The first-order valence-electron chi connectivity index (χ1n) is 11.3. The molecule has 1 aliphatic heterocycles. The average molecular weight is 601 g/mol. The Morgan fingerprint density at radius 1 is 1.16 bits per heavy atom. The highest BCUT2D eigenvalue weighted by Crippen LogP contribution is 2.36. The standard InChI is InChI=1S/C24H24BrF3N4O6/c1-36-20-9-14(11-30-32-23(35)22(34)29-12-16-3-2-8-37-16)4-7-19(20)38-13-21(33)31-18-6-5-15(25)10-17(18)24(26,27)28/h4-7,9-11,16H,2-3,8,12-13H2,1H3,(H,29,34)(H,31,33)(H,32,35)/b30-11-/t16-/m1/s1. The maximum atomic E-state index is 13.3. The number of hydrogen-bond donors (Lipinski definition) is 3. The number of carbonyl (C=O) groups excluding carboxylic acids is 3. The Bertz CT molecular complexity index is 1200. The van der Waals surface area contributed by atoms with Gasteiger partial charge in [-0.1, -0.05) is 15.9 Å². The zero-order valence-corrected chi connectivity index (χ0v) is 21.6. The highest BCUT2D eigenvalue weighted by Gasteiger charge is 2.34. The fourth-order valence-corrected chi connectivity index (χ4v) is 3.74. The van der Waals surface area contributed by atoms with Crippen LogP contribution in [0.15, 0.2) is 46.0 Å². The van der Waals surface area contributed by atoms with Gasteiger partial charge in [0.2, 0.25) is 0 Å². The van der Waals surface area contributed by atoms with Crippen molar-refractivity contribution >= 4 is 45.6 Å². The van der Waals surface area contributed by atoms with E-state index in [9.17, 15) is 27.6 Å². The lowest BCUT2D eigenvalue weighted by molar-refractivity contribution is -0.139. The van der Waals surface area contributed by atoms with E-state index in [2.05, 4.69) is 37.1 Å². The summed E-state index contributed by atoms with van der Waals surface area (Å²) < 4.78 is 56.0. The van der Waals surface area contributed by atoms with Crippen LogP contribution in [0.3, 0.4) is 0 Å². The monoisotopic (exact) mass is 600 g/mol. The summed E-state index contributed by atoms with van der Waals surface area (Å²) in [5.41, 5.74) is 1.16. The minimum Gasteiger partial charge on any atom is -0.493 e. The molecule has 204 valence electrons. The van der Waals surface area contributed by atoms with Gasteiger partial charge in [0.1, 0.15) is 0 Å². The molecule has 0 aliphatic carbocycles. The molecular weight excluding hydrogens is 577 g/mol. The zero-order valence-electron chi connectivity index (χ0n) is 20.1. The van der Waals surface area contributed by atoms with Gasteiger partial charge in [-0.05, 0) is 54.8 Å². The van der Waals surface area contributed by atoms with E-state index in [1.165, 1.54) is 37.6 Å². The van der Waals surface area contributed by atoms with Crippen molar-refractivity contribution in [1.82, 2.24) is 10.7 Å². The molecule has 3 rings (SSSR count). The van der Waals surface area contributed by atoms with Crippen molar-refractivity contribution in [2.45, 2.75) is 25.1 Å². The third kappa shape index (κ3) is 8.45. The molecule has 1 heterocycles. The minimum atomic E-state index is -4.67. The molecule has 2 aromatic carbocycles. The van der Waals surface area contributed by atoms with Crippen LogP contribution in [0.1, 0.15) is 24.0 Å². The average Bonchev–Trinajstić information content (AvgIpc) is 3.40. The van der Waals surface area contributed by atoms with Gasteiger partial charge in [-0.15, -0.1) is 0 Å². The Morgan fingerprint density at radius 3 is 2.63 bits per heavy atom. The Kier molecular flexibility index (Phi) is 10.1. The van der Waals surface area contributed by atoms with Crippen molar-refractivity contribution in [3.8, 4) is 11.5 Å². The summed E-state index contributed by atoms with van der Waals surface area (Å²) in [7, 11) is 1.35. The van der Waals surface area contributed by atoms with Gasteiger partial charge in [0.15, 0.2) is 18.1 Å². The van der Waals surface area contributed by atoms with E-state index >= 15 is 0 Å². The molecule has 14 heteroatoms. The summed E-state index contributed by atoms with van der Waals surface area (Å²) in [4.78, 5) is 35.9. The summed E-state index contributed by atoms with van der Waals surface area (Å²) in [5.74, 6) is -2.27. The number of carbonyl (C=O) groups is 3. The van der Waals surface area contributed by atoms with E-state index in [1.807, 2.05) is 0 Å². The molecule has 10 nitrogen and oxygen atoms in total. The number of amides is 3. The Morgan fingerprint density at radius 2 is 1.95 bits per heavy atom. The van der Waals surface area contributed by atoms with Crippen molar-refractivity contribution in [1.29, 1.82) is 0 Å². The molecular formula is C24H24BrF3N4O6. The molecule has 0 aromatic heterocycles. The summed E-state index contributed by atoms with van der Waals surface area (Å²) in [6.45, 7) is 0.278. The largest absolute Gasteiger partial charge is 0.493 e. The smallest absolute Gasteiger partial charge is 0.418 e. The fourth-order valence-electron chi connectivity index (χ4n) is 3.38. The van der Waals surface area contributed by atoms with Crippen molar-refractivity contribution in [2.75, 3.05) is 32.2 Å². The van der Waals surface area contributed by atoms with E-state index in [0.717, 1.165) is 25.0 Å². The predicted octanol–water partition coefficient (Wildman–Crippen LogP) is 3.24. The lowest BCUT2D eigenvalue weighted by atomic mass is 10.1. The van der Waals surface area contributed by atoms with Gasteiger partial charge in [0.25, 0.3) is 5.91 Å². The first-order valence-corrected chi connectivity index (χ1v) is 12.1. The van der Waals surface area contributed by atoms with Gasteiger partial charge in [0.05, 0.1) is 30.7 Å². The molecule has 3 amide bonds. The highest BCUT2D eigenvalue weighted by atomic mass is 79.9. The van der Waals surface area contributed by atoms with Crippen LogP contribution >= 0.6 is 15.9 Å². The maximum absolute atomic E-state index is 13.3. The molecule has 38 heavy (non-hydrogen) atoms. The second kappa shape index (κ2) is 13.2. The predicted molar refractivity (Wildman–Crippen MR) is 134 cm³/mol. The molecule has 3 N–H and O–H groups in total. The Labute approximate surface area is 224 Å². The van der Waals surface area contributed by atoms with Crippen molar-refractivity contribution in [3.63, 3.8) is 0 Å². The zero-order chi connectivity index (χ0) is 27.7. The second-order valence-electron chi connectivity index (χ2n) is 7.98. The van der Waals surface area contributed by atoms with Crippen LogP contribution in [0.2, 0.25) is 0 Å². The van der Waals surface area contributed by atoms with Gasteiger partial charge in [-0.3, -0.25) is 14.4 Å². The SMILES string of the molecule is COc1cc(/C=N\NC(=O)C(=O)NC[C@H]2CCCO2)ccc1OCC(=O)Nc1ccc(Br)cc1C(F)(F)F. The molecule has 1 aliphatic rings. The van der Waals surface area contributed by atoms with Gasteiger partial charge in [0, 0.05) is 17.6 Å². The van der Waals surface area contributed by atoms with Crippen molar-refractivity contribution in [2.24, 2.45) is 5.10 Å². The Balaban J connectivity index is 1.53. The van der Waals surface area contributed by atoms with Gasteiger partial charge in [-0.25, -0.2) is 5.43 Å². The van der Waals surface area contributed by atoms with E-state index in [1.54, 1.807) is 0 Å². The van der Waals surface area contributed by atoms with E-state index < -0.39 is 41.8 Å². The van der Waals surface area contributed by atoms with E-state index in [0.29, 0.717) is 12.2 Å². The van der Waals surface area contributed by atoms with Crippen LogP contribution in [0.25, 0.3) is 0 Å². The molecule has 1 fully saturated rings. The highest BCUT2D eigenvalue weighted by molar-refractivity contribution is 9.10. The number of methoxy groups -OCH3 is 1. The number of anilines is 1. The summed E-state index contributed by atoms with van der Waals surface area (Å²) >= 11 is 2.98. The molecule has 0 unspecified atom stereocenters. The van der Waals surface area contributed by atoms with Crippen LogP contribution in [-0.2, 0) is 25.3 Å². The van der Waals surface area contributed by atoms with E-state index in [-0.39, 0.29) is 28.6 Å². The molecule has 0 radical (unpaired) electrons. The van der Waals surface area contributed by atoms with Crippen molar-refractivity contribution < 1.29 is 41.8 Å². The first kappa shape index (κ1) is 28.9. The number of ether oxygens (including phenoxy) is 3. The third-order valence-corrected chi connectivity index (χ3v) is 5.70. The van der Waals surface area contributed by atoms with Gasteiger partial charge in [-0.2, -0.15) is 18.3 Å². The maximum Gasteiger partial charge on any atom is 0.418 e. The summed E-state index contributed by atoms with van der Waals surface area (Å²) in [5, 5.41) is 8.39. The lowest BCUT2D eigenvalue weighted by Crippen LogP contribution is -2.41. The molecule has 0 bridgehead atoms. The number of hydrazone groups is 1. The fraction of sp³-hybridized carbons (Fsp3) is 0.333. The Hall–Kier alpha value is -3.65. The number of benzene rings is 2. The number of halogens is 4. The summed E-state index contributed by atoms with van der Waals surface area (Å²) in [6, 6.07) is 7.82. The normalized spacial score (nSPS) is 15.2. The van der Waals surface area contributed by atoms with Crippen molar-refractivity contribution in [3.05, 3.63) is 52.0 Å². The molecule has 1 atom stereocenters. The van der Waals surface area contributed by atoms with Crippen LogP contribution in [-0.4, -0.2) is 56.9 Å². The van der Waals surface area contributed by atoms with E-state index in [4.69, 9.17) is 14.2 Å². The molecule has 0 saturated carbocycles. The molecule has 1 saturated heterocycles. The van der Waals surface area contributed by atoms with Crippen LogP contribution in [0.4, 0.5) is 18.9 Å². The lowest BCUT2D eigenvalue weighted by Gasteiger charge is -2.15. The number of rotatable bonds is 9. The first-order chi connectivity index (χ1) is 18.1. The number of nitrogens with one attached hydrogen (secondary N) is 3. The minimum absolute atomic E-state index is 0.104. The molecule has 0 spiro atoms. The van der Waals surface area contributed by atoms with Crippen LogP contribution in [0, 0.1) is 0 Å². The van der Waals surface area contributed by atoms with Gasteiger partial charge >= 0.3 is 18.0 Å². The van der Waals surface area contributed by atoms with Crippen LogP contribution in [0.5, 0.6) is 11.5 Å². The number of hydrogen-bond acceptors (Lipinski definition) is 7.